The van der Waals surface area contributed by atoms with E-state index in [0.29, 0.717) is 16.3 Å². The highest BCUT2D eigenvalue weighted by atomic mass is 35.5. The fraction of sp³-hybridized carbons (Fsp3) is 0.550. The Hall–Kier alpha value is -1.56. The van der Waals surface area contributed by atoms with Crippen LogP contribution in [0.15, 0.2) is 16.5 Å². The van der Waals surface area contributed by atoms with E-state index in [4.69, 9.17) is 20.8 Å². The molecule has 2 N–H and O–H groups in total. The Morgan fingerprint density at radius 3 is 3.04 bits per heavy atom. The van der Waals surface area contributed by atoms with Crippen molar-refractivity contribution in [1.82, 2.24) is 5.32 Å². The molecule has 2 heterocycles. The molecule has 26 heavy (non-hydrogen) atoms. The fourth-order valence-corrected chi connectivity index (χ4v) is 4.47. The monoisotopic (exact) mass is 376 g/mol. The Morgan fingerprint density at radius 1 is 1.38 bits per heavy atom. The van der Waals surface area contributed by atoms with Gasteiger partial charge < -0.3 is 19.8 Å². The van der Waals surface area contributed by atoms with Crippen molar-refractivity contribution in [2.24, 2.45) is 5.92 Å². The third-order valence-electron chi connectivity index (χ3n) is 5.68. The van der Waals surface area contributed by atoms with Gasteiger partial charge in [0.2, 0.25) is 5.91 Å². The standard InChI is InChI=1S/C20H25ClN2O3/c1-3-17-11(2)14-9-13(21)10-16(19(14)26-17)23-20(24)12-4-5-18-15(8-12)22-6-7-25-18/h9-10,12,15,18,22H,3-8H2,1-2H3,(H,23,24)/t12-,15+,18+/m0/s1. The van der Waals surface area contributed by atoms with Crippen molar-refractivity contribution in [2.75, 3.05) is 18.5 Å². The third-order valence-corrected chi connectivity index (χ3v) is 5.90. The number of hydrogen-bond donors (Lipinski definition) is 2. The lowest BCUT2D eigenvalue weighted by atomic mass is 9.82. The molecule has 1 saturated heterocycles. The Kier molecular flexibility index (Phi) is 4.95. The van der Waals surface area contributed by atoms with E-state index in [2.05, 4.69) is 17.6 Å². The average Bonchev–Trinajstić information content (AvgIpc) is 2.97. The molecule has 3 atom stereocenters. The first-order valence-electron chi connectivity index (χ1n) is 9.44. The minimum absolute atomic E-state index is 0.0267. The van der Waals surface area contributed by atoms with Gasteiger partial charge in [-0.05, 0) is 43.9 Å². The molecule has 0 spiro atoms. The van der Waals surface area contributed by atoms with Gasteiger partial charge in [-0.25, -0.2) is 0 Å². The van der Waals surface area contributed by atoms with Gasteiger partial charge in [-0.2, -0.15) is 0 Å². The molecule has 5 nitrogen and oxygen atoms in total. The number of halogens is 1. The van der Waals surface area contributed by atoms with Crippen LogP contribution in [0.4, 0.5) is 5.69 Å². The second kappa shape index (κ2) is 7.22. The first-order chi connectivity index (χ1) is 12.6. The molecule has 1 aliphatic heterocycles. The van der Waals surface area contributed by atoms with E-state index in [9.17, 15) is 4.79 Å². The molecule has 2 aromatic rings. The molecule has 2 aliphatic rings. The topological polar surface area (TPSA) is 63.5 Å². The van der Waals surface area contributed by atoms with Gasteiger partial charge >= 0.3 is 0 Å². The van der Waals surface area contributed by atoms with Crippen molar-refractivity contribution in [2.45, 2.75) is 51.7 Å². The van der Waals surface area contributed by atoms with Crippen LogP contribution in [-0.4, -0.2) is 31.2 Å². The molecule has 1 aliphatic carbocycles. The molecule has 1 saturated carbocycles. The quantitative estimate of drug-likeness (QED) is 0.848. The summed E-state index contributed by atoms with van der Waals surface area (Å²) in [6.45, 7) is 5.71. The Morgan fingerprint density at radius 2 is 2.23 bits per heavy atom. The van der Waals surface area contributed by atoms with E-state index >= 15 is 0 Å². The highest BCUT2D eigenvalue weighted by molar-refractivity contribution is 6.32. The highest BCUT2D eigenvalue weighted by Crippen LogP contribution is 2.35. The number of carbonyl (C=O) groups is 1. The number of rotatable bonds is 3. The van der Waals surface area contributed by atoms with E-state index in [0.717, 1.165) is 55.5 Å². The van der Waals surface area contributed by atoms with Crippen LogP contribution in [-0.2, 0) is 16.0 Å². The van der Waals surface area contributed by atoms with Crippen molar-refractivity contribution >= 4 is 34.2 Å². The van der Waals surface area contributed by atoms with Crippen molar-refractivity contribution in [1.29, 1.82) is 0 Å². The summed E-state index contributed by atoms with van der Waals surface area (Å²) in [5.74, 6) is 0.939. The van der Waals surface area contributed by atoms with Gasteiger partial charge in [0.25, 0.3) is 0 Å². The first-order valence-corrected chi connectivity index (χ1v) is 9.82. The van der Waals surface area contributed by atoms with Crippen LogP contribution in [0.25, 0.3) is 11.0 Å². The predicted octanol–water partition coefficient (Wildman–Crippen LogP) is 4.05. The summed E-state index contributed by atoms with van der Waals surface area (Å²) < 4.78 is 11.8. The van der Waals surface area contributed by atoms with E-state index in [-0.39, 0.29) is 24.0 Å². The smallest absolute Gasteiger partial charge is 0.227 e. The first kappa shape index (κ1) is 17.8. The van der Waals surface area contributed by atoms with Crippen molar-refractivity contribution < 1.29 is 13.9 Å². The number of anilines is 1. The maximum atomic E-state index is 12.9. The number of fused-ring (bicyclic) bond motifs is 2. The molecule has 1 aromatic carbocycles. The summed E-state index contributed by atoms with van der Waals surface area (Å²) in [7, 11) is 0. The number of amides is 1. The van der Waals surface area contributed by atoms with E-state index in [1.54, 1.807) is 6.07 Å². The fourth-order valence-electron chi connectivity index (χ4n) is 4.25. The van der Waals surface area contributed by atoms with Crippen molar-refractivity contribution in [3.8, 4) is 0 Å². The summed E-state index contributed by atoms with van der Waals surface area (Å²) in [5, 5.41) is 8.12. The minimum Gasteiger partial charge on any atom is -0.459 e. The number of morpholine rings is 1. The lowest BCUT2D eigenvalue weighted by molar-refractivity contribution is -0.123. The number of benzene rings is 1. The molecule has 2 fully saturated rings. The molecular formula is C20H25ClN2O3. The lowest BCUT2D eigenvalue weighted by Gasteiger charge is -2.39. The number of carbonyl (C=O) groups excluding carboxylic acids is 1. The van der Waals surface area contributed by atoms with Gasteiger partial charge in [-0.15, -0.1) is 0 Å². The van der Waals surface area contributed by atoms with Crippen LogP contribution >= 0.6 is 11.6 Å². The van der Waals surface area contributed by atoms with Gasteiger partial charge in [0, 0.05) is 35.3 Å². The van der Waals surface area contributed by atoms with Crippen LogP contribution in [0.5, 0.6) is 0 Å². The zero-order valence-electron chi connectivity index (χ0n) is 15.2. The largest absolute Gasteiger partial charge is 0.459 e. The molecule has 0 bridgehead atoms. The highest BCUT2D eigenvalue weighted by Gasteiger charge is 2.36. The normalized spacial score (nSPS) is 25.9. The van der Waals surface area contributed by atoms with Gasteiger partial charge in [-0.3, -0.25) is 4.79 Å². The molecule has 140 valence electrons. The van der Waals surface area contributed by atoms with Crippen LogP contribution in [0.3, 0.4) is 0 Å². The number of ether oxygens (including phenoxy) is 1. The van der Waals surface area contributed by atoms with Crippen molar-refractivity contribution in [3.05, 3.63) is 28.5 Å². The van der Waals surface area contributed by atoms with Gasteiger partial charge in [0.1, 0.15) is 5.76 Å². The second-order valence-electron chi connectivity index (χ2n) is 7.30. The Balaban J connectivity index is 1.56. The summed E-state index contributed by atoms with van der Waals surface area (Å²) >= 11 is 6.29. The zero-order valence-corrected chi connectivity index (χ0v) is 16.0. The summed E-state index contributed by atoms with van der Waals surface area (Å²) in [6.07, 6.45) is 3.61. The number of hydrogen-bond acceptors (Lipinski definition) is 4. The van der Waals surface area contributed by atoms with Crippen LogP contribution in [0.2, 0.25) is 5.02 Å². The third kappa shape index (κ3) is 3.24. The summed E-state index contributed by atoms with van der Waals surface area (Å²) in [4.78, 5) is 12.9. The lowest BCUT2D eigenvalue weighted by Crippen LogP contribution is -2.52. The van der Waals surface area contributed by atoms with E-state index in [1.165, 1.54) is 0 Å². The maximum absolute atomic E-state index is 12.9. The number of furan rings is 1. The molecule has 0 unspecified atom stereocenters. The Labute approximate surface area is 158 Å². The van der Waals surface area contributed by atoms with E-state index < -0.39 is 0 Å². The average molecular weight is 377 g/mol. The zero-order chi connectivity index (χ0) is 18.3. The molecule has 1 amide bonds. The minimum atomic E-state index is -0.0267. The van der Waals surface area contributed by atoms with Crippen molar-refractivity contribution in [3.63, 3.8) is 0 Å². The van der Waals surface area contributed by atoms with Gasteiger partial charge in [0.05, 0.1) is 18.4 Å². The Bertz CT molecular complexity index is 832. The summed E-state index contributed by atoms with van der Waals surface area (Å²) in [6, 6.07) is 3.95. The van der Waals surface area contributed by atoms with Crippen LogP contribution < -0.4 is 10.6 Å². The van der Waals surface area contributed by atoms with Gasteiger partial charge in [-0.1, -0.05) is 18.5 Å². The SMILES string of the molecule is CCc1oc2c(NC(=O)[C@H]3CC[C@H]4OCCN[C@@H]4C3)cc(Cl)cc2c1C. The molecule has 4 rings (SSSR count). The molecule has 1 aromatic heterocycles. The molecular weight excluding hydrogens is 352 g/mol. The summed E-state index contributed by atoms with van der Waals surface area (Å²) in [5.41, 5.74) is 2.46. The van der Waals surface area contributed by atoms with Gasteiger partial charge in [0.15, 0.2) is 5.58 Å². The number of aryl methyl sites for hydroxylation is 2. The number of nitrogens with one attached hydrogen (secondary N) is 2. The second-order valence-corrected chi connectivity index (χ2v) is 7.74. The molecule has 6 heteroatoms. The van der Waals surface area contributed by atoms with E-state index in [1.807, 2.05) is 13.0 Å². The predicted molar refractivity (Wildman–Crippen MR) is 103 cm³/mol. The van der Waals surface area contributed by atoms with Crippen LogP contribution in [0.1, 0.15) is 37.5 Å². The molecule has 0 radical (unpaired) electrons. The van der Waals surface area contributed by atoms with Crippen LogP contribution in [0, 0.1) is 12.8 Å². The maximum Gasteiger partial charge on any atom is 0.227 e.